The van der Waals surface area contributed by atoms with Crippen molar-refractivity contribution in [3.05, 3.63) is 95.9 Å². The molecule has 0 aliphatic carbocycles. The number of urea groups is 1. The maximum Gasteiger partial charge on any atom is 0.328 e. The first-order chi connectivity index (χ1) is 29.9. The lowest BCUT2D eigenvalue weighted by Gasteiger charge is -2.41. The molecular formula is C46H51F2N9O5. The van der Waals surface area contributed by atoms with Gasteiger partial charge in [-0.05, 0) is 67.3 Å². The predicted molar refractivity (Wildman–Crippen MR) is 231 cm³/mol. The molecule has 4 N–H and O–H groups in total. The van der Waals surface area contributed by atoms with Crippen molar-refractivity contribution >= 4 is 45.9 Å². The fourth-order valence-corrected chi connectivity index (χ4v) is 9.72. The molecule has 5 aromatic rings. The molecule has 4 aliphatic rings. The Balaban J connectivity index is 0.782. The number of ether oxygens (including phenoxy) is 1. The van der Waals surface area contributed by atoms with E-state index in [0.717, 1.165) is 35.7 Å². The van der Waals surface area contributed by atoms with Crippen LogP contribution in [0.4, 0.5) is 30.8 Å². The van der Waals surface area contributed by atoms with Crippen molar-refractivity contribution < 1.29 is 33.0 Å². The minimum atomic E-state index is -1.40. The van der Waals surface area contributed by atoms with Crippen molar-refractivity contribution in [2.45, 2.75) is 62.3 Å². The first kappa shape index (κ1) is 41.2. The van der Waals surface area contributed by atoms with Crippen LogP contribution in [0.3, 0.4) is 0 Å². The van der Waals surface area contributed by atoms with Crippen LogP contribution < -0.4 is 20.9 Å². The van der Waals surface area contributed by atoms with Crippen LogP contribution in [0.1, 0.15) is 66.4 Å². The molecular weight excluding hydrogens is 797 g/mol. The summed E-state index contributed by atoms with van der Waals surface area (Å²) < 4.78 is 39.7. The van der Waals surface area contributed by atoms with E-state index in [-0.39, 0.29) is 72.9 Å². The lowest BCUT2D eigenvalue weighted by Crippen LogP contribution is -2.51. The highest BCUT2D eigenvalue weighted by atomic mass is 19.1. The zero-order chi connectivity index (χ0) is 43.1. The number of phenols is 1. The number of piperidine rings is 3. The lowest BCUT2D eigenvalue weighted by atomic mass is 9.88. The number of anilines is 3. The number of nitrogens with two attached hydrogens (primary N) is 1. The number of benzene rings is 3. The van der Waals surface area contributed by atoms with Gasteiger partial charge in [0.05, 0.1) is 28.7 Å². The standard InChI is InChI=1S/C46H51F2N9O5/c1-62-34-22-32(26-55(27-34)40-25-37(51-52-43(40)49)35-4-2-3-5-41(35)58)29-6-8-30(9-7-29)44(60)54-20-14-46(48,15-21-54)28-53-16-11-33(12-17-53)56-18-10-31-23-39(36(47)24-38(31)56)57-19-13-42(59)50-45(57)61/h2-10,18,23-25,32-34,58H,11-17,19-22,26-28H2,1H3,(H2,49,52)(H,50,59,61). The number of aromatic hydroxyl groups is 1. The van der Waals surface area contributed by atoms with Gasteiger partial charge in [-0.25, -0.2) is 13.6 Å². The van der Waals surface area contributed by atoms with E-state index >= 15 is 8.78 Å². The number of hydrogen-bond acceptors (Lipinski definition) is 10. The molecule has 4 saturated heterocycles. The summed E-state index contributed by atoms with van der Waals surface area (Å²) in [5, 5.41) is 21.9. The van der Waals surface area contributed by atoms with Gasteiger partial charge in [0.15, 0.2) is 5.82 Å². The molecule has 16 heteroatoms. The van der Waals surface area contributed by atoms with Gasteiger partial charge in [-0.1, -0.05) is 24.3 Å². The van der Waals surface area contributed by atoms with E-state index in [4.69, 9.17) is 10.5 Å². The number of carbonyl (C=O) groups is 3. The summed E-state index contributed by atoms with van der Waals surface area (Å²) in [5.74, 6) is -0.535. The van der Waals surface area contributed by atoms with Crippen LogP contribution in [0.2, 0.25) is 0 Å². The Morgan fingerprint density at radius 1 is 0.952 bits per heavy atom. The van der Waals surface area contributed by atoms with Crippen molar-refractivity contribution in [3.8, 4) is 17.0 Å². The second-order valence-electron chi connectivity index (χ2n) is 17.1. The smallest absolute Gasteiger partial charge is 0.328 e. The Hall–Kier alpha value is -6.13. The number of rotatable bonds is 9. The minimum Gasteiger partial charge on any atom is -0.507 e. The van der Waals surface area contributed by atoms with E-state index in [1.54, 1.807) is 36.3 Å². The summed E-state index contributed by atoms with van der Waals surface area (Å²) in [5.41, 5.74) is 9.24. The Morgan fingerprint density at radius 3 is 2.44 bits per heavy atom. The normalized spacial score (nSPS) is 21.4. The average molecular weight is 848 g/mol. The second-order valence-corrected chi connectivity index (χ2v) is 17.1. The number of imide groups is 1. The molecule has 4 fully saturated rings. The van der Waals surface area contributed by atoms with Crippen LogP contribution in [0.25, 0.3) is 22.2 Å². The fourth-order valence-electron chi connectivity index (χ4n) is 9.72. The third-order valence-electron chi connectivity index (χ3n) is 13.2. The van der Waals surface area contributed by atoms with Gasteiger partial charge in [-0.3, -0.25) is 19.8 Å². The summed E-state index contributed by atoms with van der Waals surface area (Å²) in [6.07, 6.45) is 4.84. The molecule has 2 unspecified atom stereocenters. The number of halogens is 2. The number of phenolic OH excluding ortho intramolecular Hbond substituents is 1. The zero-order valence-electron chi connectivity index (χ0n) is 34.7. The van der Waals surface area contributed by atoms with Gasteiger partial charge in [0.2, 0.25) is 5.91 Å². The van der Waals surface area contributed by atoms with Crippen molar-refractivity contribution in [1.29, 1.82) is 0 Å². The number of methoxy groups -OCH3 is 1. The highest BCUT2D eigenvalue weighted by Gasteiger charge is 2.39. The number of fused-ring (bicyclic) bond motifs is 1. The van der Waals surface area contributed by atoms with Crippen molar-refractivity contribution in [3.63, 3.8) is 0 Å². The van der Waals surface area contributed by atoms with E-state index < -0.39 is 17.5 Å². The van der Waals surface area contributed by atoms with E-state index in [9.17, 15) is 19.5 Å². The van der Waals surface area contributed by atoms with Gasteiger partial charge in [0.25, 0.3) is 5.91 Å². The fraction of sp³-hybridized carbons (Fsp3) is 0.413. The van der Waals surface area contributed by atoms with E-state index in [1.165, 1.54) is 11.0 Å². The Labute approximate surface area is 358 Å². The summed E-state index contributed by atoms with van der Waals surface area (Å²) >= 11 is 0. The Bertz CT molecular complexity index is 2480. The molecule has 4 amide bonds. The lowest BCUT2D eigenvalue weighted by molar-refractivity contribution is -0.120. The molecule has 62 heavy (non-hydrogen) atoms. The molecule has 0 bridgehead atoms. The summed E-state index contributed by atoms with van der Waals surface area (Å²) in [6.45, 7) is 3.74. The summed E-state index contributed by atoms with van der Waals surface area (Å²) in [7, 11) is 1.70. The third-order valence-corrected chi connectivity index (χ3v) is 13.2. The van der Waals surface area contributed by atoms with Gasteiger partial charge in [0.1, 0.15) is 17.2 Å². The first-order valence-corrected chi connectivity index (χ1v) is 21.4. The molecule has 0 spiro atoms. The van der Waals surface area contributed by atoms with Crippen molar-refractivity contribution in [2.75, 3.05) is 75.0 Å². The molecule has 14 nitrogen and oxygen atoms in total. The first-order valence-electron chi connectivity index (χ1n) is 21.4. The minimum absolute atomic E-state index is 0.0787. The molecule has 3 aromatic carbocycles. The van der Waals surface area contributed by atoms with Crippen molar-refractivity contribution in [1.82, 2.24) is 29.9 Å². The van der Waals surface area contributed by atoms with Gasteiger partial charge >= 0.3 is 6.03 Å². The largest absolute Gasteiger partial charge is 0.507 e. The van der Waals surface area contributed by atoms with Crippen LogP contribution in [0.15, 0.2) is 79.0 Å². The number of para-hydroxylation sites is 1. The van der Waals surface area contributed by atoms with E-state index in [1.807, 2.05) is 48.7 Å². The van der Waals surface area contributed by atoms with Crippen LogP contribution in [-0.4, -0.2) is 119 Å². The van der Waals surface area contributed by atoms with Gasteiger partial charge in [0, 0.05) is 119 Å². The Kier molecular flexibility index (Phi) is 11.3. The second kappa shape index (κ2) is 17.0. The number of carbonyl (C=O) groups excluding carboxylic acids is 3. The summed E-state index contributed by atoms with van der Waals surface area (Å²) in [4.78, 5) is 45.0. The predicted octanol–water partition coefficient (Wildman–Crippen LogP) is 6.26. The van der Waals surface area contributed by atoms with E-state index in [2.05, 4.69) is 29.9 Å². The number of aromatic nitrogens is 3. The molecule has 2 atom stereocenters. The number of alkyl halides is 1. The molecule has 324 valence electrons. The van der Waals surface area contributed by atoms with Gasteiger partial charge in [-0.15, -0.1) is 10.2 Å². The number of nitrogens with one attached hydrogen (secondary N) is 1. The highest BCUT2D eigenvalue weighted by Crippen LogP contribution is 2.38. The monoisotopic (exact) mass is 847 g/mol. The maximum atomic E-state index is 16.4. The highest BCUT2D eigenvalue weighted by molar-refractivity contribution is 6.06. The molecule has 0 radical (unpaired) electrons. The quantitative estimate of drug-likeness (QED) is 0.154. The molecule has 6 heterocycles. The van der Waals surface area contributed by atoms with Crippen LogP contribution >= 0.6 is 0 Å². The van der Waals surface area contributed by atoms with Crippen molar-refractivity contribution in [2.24, 2.45) is 0 Å². The van der Waals surface area contributed by atoms with Gasteiger partial charge in [-0.2, -0.15) is 0 Å². The average Bonchev–Trinajstić information content (AvgIpc) is 3.69. The van der Waals surface area contributed by atoms with Gasteiger partial charge < -0.3 is 34.8 Å². The zero-order valence-corrected chi connectivity index (χ0v) is 34.7. The molecule has 4 aliphatic heterocycles. The number of nitrogens with zero attached hydrogens (tertiary/aromatic N) is 7. The molecule has 0 saturated carbocycles. The number of amides is 4. The van der Waals surface area contributed by atoms with Crippen LogP contribution in [-0.2, 0) is 9.53 Å². The number of hydrogen-bond donors (Lipinski definition) is 3. The molecule has 9 rings (SSSR count). The van der Waals surface area contributed by atoms with Crippen LogP contribution in [0, 0.1) is 5.82 Å². The SMILES string of the molecule is COC1CC(c2ccc(C(=O)N3CCC(F)(CN4CCC(n5ccc6cc(N7CCC(=O)NC7=O)c(F)cc65)CC4)CC3)cc2)CN(c2cc(-c3ccccc3O)nnc2N)C1. The Morgan fingerprint density at radius 2 is 1.71 bits per heavy atom. The third kappa shape index (κ3) is 8.28. The van der Waals surface area contributed by atoms with Crippen LogP contribution in [0.5, 0.6) is 5.75 Å². The number of likely N-dealkylation sites (tertiary alicyclic amines) is 2. The topological polar surface area (TPSA) is 162 Å². The maximum absolute atomic E-state index is 16.4. The number of nitrogen functional groups attached to an aromatic ring is 1. The summed E-state index contributed by atoms with van der Waals surface area (Å²) in [6, 6.07) is 21.0. The van der Waals surface area contributed by atoms with E-state index in [0.29, 0.717) is 68.3 Å². The molecule has 2 aromatic heterocycles.